The first kappa shape index (κ1) is 7.35. The maximum atomic E-state index is 6.06. The van der Waals surface area contributed by atoms with Gasteiger partial charge in [0.25, 0.3) is 0 Å². The Labute approximate surface area is 83.4 Å². The van der Waals surface area contributed by atoms with E-state index in [-0.39, 0.29) is 0 Å². The SMILES string of the molecule is Nc1c2ccsc2cc2ccsc12. The summed E-state index contributed by atoms with van der Waals surface area (Å²) >= 11 is 3.46. The third-order valence-corrected chi connectivity index (χ3v) is 4.04. The Kier molecular flexibility index (Phi) is 1.39. The van der Waals surface area contributed by atoms with Crippen molar-refractivity contribution >= 4 is 48.5 Å². The van der Waals surface area contributed by atoms with E-state index in [4.69, 9.17) is 5.73 Å². The van der Waals surface area contributed by atoms with Crippen molar-refractivity contribution in [3.8, 4) is 0 Å². The molecule has 0 aliphatic rings. The number of thiophene rings is 2. The number of nitrogens with two attached hydrogens (primary N) is 1. The normalized spacial score (nSPS) is 11.4. The second-order valence-electron chi connectivity index (χ2n) is 2.96. The van der Waals surface area contributed by atoms with Crippen LogP contribution in [0.5, 0.6) is 0 Å². The van der Waals surface area contributed by atoms with Crippen LogP contribution in [0.25, 0.3) is 20.2 Å². The van der Waals surface area contributed by atoms with Crippen molar-refractivity contribution in [1.29, 1.82) is 0 Å². The molecule has 1 nitrogen and oxygen atoms in total. The monoisotopic (exact) mass is 205 g/mol. The fourth-order valence-corrected chi connectivity index (χ4v) is 3.27. The molecule has 2 heterocycles. The van der Waals surface area contributed by atoms with E-state index in [2.05, 4.69) is 29.0 Å². The quantitative estimate of drug-likeness (QED) is 0.556. The summed E-state index contributed by atoms with van der Waals surface area (Å²) in [6, 6.07) is 6.42. The summed E-state index contributed by atoms with van der Waals surface area (Å²) in [5.74, 6) is 0. The topological polar surface area (TPSA) is 26.0 Å². The van der Waals surface area contributed by atoms with E-state index in [9.17, 15) is 0 Å². The largest absolute Gasteiger partial charge is 0.397 e. The highest BCUT2D eigenvalue weighted by Gasteiger charge is 2.05. The van der Waals surface area contributed by atoms with Crippen molar-refractivity contribution in [2.75, 3.05) is 5.73 Å². The lowest BCUT2D eigenvalue weighted by Gasteiger charge is -1.97. The van der Waals surface area contributed by atoms with Crippen molar-refractivity contribution in [1.82, 2.24) is 0 Å². The number of hydrogen-bond acceptors (Lipinski definition) is 3. The Bertz CT molecular complexity index is 528. The molecule has 13 heavy (non-hydrogen) atoms. The van der Waals surface area contributed by atoms with Crippen LogP contribution in [0.3, 0.4) is 0 Å². The van der Waals surface area contributed by atoms with Crippen LogP contribution in [0, 0.1) is 0 Å². The van der Waals surface area contributed by atoms with Crippen LogP contribution in [0.15, 0.2) is 29.0 Å². The summed E-state index contributed by atoms with van der Waals surface area (Å²) in [5.41, 5.74) is 6.99. The summed E-state index contributed by atoms with van der Waals surface area (Å²) in [7, 11) is 0. The zero-order chi connectivity index (χ0) is 8.84. The van der Waals surface area contributed by atoms with E-state index >= 15 is 0 Å². The van der Waals surface area contributed by atoms with Gasteiger partial charge in [0.2, 0.25) is 0 Å². The maximum absolute atomic E-state index is 6.06. The lowest BCUT2D eigenvalue weighted by Crippen LogP contribution is -1.84. The maximum Gasteiger partial charge on any atom is 0.0583 e. The molecule has 0 saturated heterocycles. The molecule has 0 bridgehead atoms. The van der Waals surface area contributed by atoms with Crippen LogP contribution in [-0.4, -0.2) is 0 Å². The zero-order valence-electron chi connectivity index (χ0n) is 6.78. The van der Waals surface area contributed by atoms with Gasteiger partial charge in [0, 0.05) is 10.1 Å². The molecular weight excluding hydrogens is 198 g/mol. The first-order chi connectivity index (χ1) is 6.36. The molecule has 0 unspecified atom stereocenters. The van der Waals surface area contributed by atoms with Crippen LogP contribution in [0.2, 0.25) is 0 Å². The molecule has 0 aliphatic heterocycles. The number of rotatable bonds is 0. The van der Waals surface area contributed by atoms with Gasteiger partial charge in [0.05, 0.1) is 10.4 Å². The van der Waals surface area contributed by atoms with Gasteiger partial charge in [0.1, 0.15) is 0 Å². The minimum Gasteiger partial charge on any atom is -0.397 e. The fourth-order valence-electron chi connectivity index (χ4n) is 1.57. The number of benzene rings is 1. The van der Waals surface area contributed by atoms with Crippen LogP contribution in [0.4, 0.5) is 5.69 Å². The van der Waals surface area contributed by atoms with Crippen molar-refractivity contribution in [3.05, 3.63) is 29.0 Å². The van der Waals surface area contributed by atoms with Crippen molar-refractivity contribution in [2.45, 2.75) is 0 Å². The summed E-state index contributed by atoms with van der Waals surface area (Å²) in [6.07, 6.45) is 0. The van der Waals surface area contributed by atoms with Crippen molar-refractivity contribution < 1.29 is 0 Å². The summed E-state index contributed by atoms with van der Waals surface area (Å²) in [5, 5.41) is 6.63. The van der Waals surface area contributed by atoms with Crippen LogP contribution in [0.1, 0.15) is 0 Å². The molecule has 3 heteroatoms. The lowest BCUT2D eigenvalue weighted by atomic mass is 10.2. The molecule has 2 aromatic heterocycles. The van der Waals surface area contributed by atoms with Gasteiger partial charge in [-0.15, -0.1) is 22.7 Å². The average molecular weight is 205 g/mol. The van der Waals surface area contributed by atoms with Gasteiger partial charge in [-0.1, -0.05) is 0 Å². The van der Waals surface area contributed by atoms with E-state index in [0.29, 0.717) is 0 Å². The Hall–Kier alpha value is -1.06. The van der Waals surface area contributed by atoms with Crippen LogP contribution < -0.4 is 5.73 Å². The third kappa shape index (κ3) is 0.913. The van der Waals surface area contributed by atoms with Gasteiger partial charge in [-0.2, -0.15) is 0 Å². The molecule has 0 fully saturated rings. The van der Waals surface area contributed by atoms with Crippen molar-refractivity contribution in [3.63, 3.8) is 0 Å². The first-order valence-corrected chi connectivity index (χ1v) is 5.75. The second-order valence-corrected chi connectivity index (χ2v) is 4.83. The van der Waals surface area contributed by atoms with Gasteiger partial charge in [-0.05, 0) is 34.3 Å². The average Bonchev–Trinajstić information content (AvgIpc) is 2.71. The zero-order valence-corrected chi connectivity index (χ0v) is 8.41. The molecule has 3 rings (SSSR count). The molecule has 3 aromatic rings. The highest BCUT2D eigenvalue weighted by molar-refractivity contribution is 7.19. The van der Waals surface area contributed by atoms with Gasteiger partial charge in [-0.3, -0.25) is 0 Å². The van der Waals surface area contributed by atoms with Gasteiger partial charge >= 0.3 is 0 Å². The lowest BCUT2D eigenvalue weighted by molar-refractivity contribution is 1.95. The van der Waals surface area contributed by atoms with Crippen LogP contribution >= 0.6 is 22.7 Å². The Balaban J connectivity index is 2.67. The molecule has 0 spiro atoms. The highest BCUT2D eigenvalue weighted by atomic mass is 32.1. The molecule has 0 aliphatic carbocycles. The van der Waals surface area contributed by atoms with Crippen molar-refractivity contribution in [2.24, 2.45) is 0 Å². The number of anilines is 1. The smallest absolute Gasteiger partial charge is 0.0583 e. The third-order valence-electron chi connectivity index (χ3n) is 2.21. The minimum atomic E-state index is 0.934. The molecule has 64 valence electrons. The Morgan fingerprint density at radius 1 is 1.08 bits per heavy atom. The molecule has 0 radical (unpaired) electrons. The van der Waals surface area contributed by atoms with E-state index < -0.39 is 0 Å². The summed E-state index contributed by atoms with van der Waals surface area (Å²) in [4.78, 5) is 0. The standard InChI is InChI=1S/C10H7NS2/c11-9-7-2-4-12-8(7)5-6-1-3-13-10(6)9/h1-5H,11H2. The fraction of sp³-hybridized carbons (Fsp3) is 0. The molecule has 0 saturated carbocycles. The second kappa shape index (κ2) is 2.47. The number of nitrogen functional groups attached to an aromatic ring is 1. The first-order valence-electron chi connectivity index (χ1n) is 3.99. The predicted molar refractivity (Wildman–Crippen MR) is 61.6 cm³/mol. The Morgan fingerprint density at radius 3 is 2.85 bits per heavy atom. The van der Waals surface area contributed by atoms with E-state index in [1.807, 2.05) is 0 Å². The number of hydrogen-bond donors (Lipinski definition) is 1. The summed E-state index contributed by atoms with van der Waals surface area (Å²) in [6.45, 7) is 0. The summed E-state index contributed by atoms with van der Waals surface area (Å²) < 4.78 is 2.49. The van der Waals surface area contributed by atoms with Gasteiger partial charge in [-0.25, -0.2) is 0 Å². The predicted octanol–water partition coefficient (Wildman–Crippen LogP) is 3.70. The molecular formula is C10H7NS2. The minimum absolute atomic E-state index is 0.934. The van der Waals surface area contributed by atoms with E-state index in [0.717, 1.165) is 5.69 Å². The highest BCUT2D eigenvalue weighted by Crippen LogP contribution is 2.36. The van der Waals surface area contributed by atoms with E-state index in [1.54, 1.807) is 22.7 Å². The van der Waals surface area contributed by atoms with Gasteiger partial charge in [0.15, 0.2) is 0 Å². The molecule has 1 aromatic carbocycles. The Morgan fingerprint density at radius 2 is 1.92 bits per heavy atom. The van der Waals surface area contributed by atoms with Crippen LogP contribution in [-0.2, 0) is 0 Å². The number of fused-ring (bicyclic) bond motifs is 2. The van der Waals surface area contributed by atoms with Gasteiger partial charge < -0.3 is 5.73 Å². The molecule has 0 amide bonds. The molecule has 2 N–H and O–H groups in total. The van der Waals surface area contributed by atoms with E-state index in [1.165, 1.54) is 20.2 Å². The molecule has 0 atom stereocenters.